The number of amides is 1. The van der Waals surface area contributed by atoms with Gasteiger partial charge in [0.05, 0.1) is 31.3 Å². The smallest absolute Gasteiger partial charge is 0.255 e. The number of carbonyl (C=O) groups excluding carboxylic acids is 1. The molecule has 3 rings (SSSR count). The normalized spacial score (nSPS) is 12.3. The van der Waals surface area contributed by atoms with E-state index in [1.54, 1.807) is 19.1 Å². The van der Waals surface area contributed by atoms with E-state index in [9.17, 15) is 18.3 Å². The van der Waals surface area contributed by atoms with Crippen molar-refractivity contribution >= 4 is 61.9 Å². The number of phenols is 1. The van der Waals surface area contributed by atoms with Gasteiger partial charge in [0, 0.05) is 11.6 Å². The Labute approximate surface area is 207 Å². The summed E-state index contributed by atoms with van der Waals surface area (Å²) in [4.78, 5) is 12.7. The maximum atomic E-state index is 13.1. The fourth-order valence-corrected chi connectivity index (χ4v) is 5.32. The van der Waals surface area contributed by atoms with Crippen LogP contribution in [0, 0.1) is 6.92 Å². The maximum Gasteiger partial charge on any atom is 0.255 e. The number of nitrogens with one attached hydrogen (secondary N) is 2. The molecular weight excluding hydrogens is 507 g/mol. The monoisotopic (exact) mass is 526 g/mol. The van der Waals surface area contributed by atoms with Crippen LogP contribution in [0.3, 0.4) is 0 Å². The number of benzene rings is 3. The number of hydrogen-bond acceptors (Lipinski definition) is 5. The highest BCUT2D eigenvalue weighted by Crippen LogP contribution is 2.36. The minimum Gasteiger partial charge on any atom is -0.506 e. The first-order valence-electron chi connectivity index (χ1n) is 9.89. The molecule has 3 aromatic rings. The van der Waals surface area contributed by atoms with E-state index >= 15 is 0 Å². The van der Waals surface area contributed by atoms with Gasteiger partial charge in [0.2, 0.25) is 0 Å². The van der Waals surface area contributed by atoms with Crippen molar-refractivity contribution in [3.05, 3.63) is 80.8 Å². The fraction of sp³-hybridized carbons (Fsp3) is 0.174. The summed E-state index contributed by atoms with van der Waals surface area (Å²) in [5, 5.41) is 15.6. The summed E-state index contributed by atoms with van der Waals surface area (Å²) in [6.07, 6.45) is 0.253. The van der Waals surface area contributed by atoms with Crippen LogP contribution in [0.5, 0.6) is 5.75 Å². The Morgan fingerprint density at radius 3 is 2.33 bits per heavy atom. The largest absolute Gasteiger partial charge is 0.506 e. The predicted molar refractivity (Wildman–Crippen MR) is 134 cm³/mol. The molecule has 0 radical (unpaired) electrons. The van der Waals surface area contributed by atoms with Gasteiger partial charge >= 0.3 is 0 Å². The lowest BCUT2D eigenvalue weighted by atomic mass is 10.2. The first-order chi connectivity index (χ1) is 15.5. The number of aromatic hydroxyl groups is 1. The molecule has 0 saturated heterocycles. The highest BCUT2D eigenvalue weighted by Gasteiger charge is 2.27. The van der Waals surface area contributed by atoms with E-state index in [0.29, 0.717) is 5.02 Å². The minimum absolute atomic E-state index is 0.0520. The van der Waals surface area contributed by atoms with Crippen molar-refractivity contribution in [3.8, 4) is 5.75 Å². The second kappa shape index (κ2) is 10.2. The number of anilines is 2. The average Bonchev–Trinajstić information content (AvgIpc) is 2.76. The van der Waals surface area contributed by atoms with E-state index in [0.717, 1.165) is 5.56 Å². The number of aryl methyl sites for hydroxylation is 1. The van der Waals surface area contributed by atoms with Crippen molar-refractivity contribution in [1.82, 2.24) is 0 Å². The Morgan fingerprint density at radius 2 is 1.70 bits per heavy atom. The average molecular weight is 528 g/mol. The number of halogens is 3. The molecule has 1 atom stereocenters. The van der Waals surface area contributed by atoms with Gasteiger partial charge in [0.25, 0.3) is 5.91 Å². The number of hydrogen-bond donors (Lipinski definition) is 3. The molecule has 0 aliphatic heterocycles. The highest BCUT2D eigenvalue weighted by atomic mass is 35.5. The molecule has 6 nitrogen and oxygen atoms in total. The summed E-state index contributed by atoms with van der Waals surface area (Å²) in [7, 11) is -3.72. The molecule has 174 valence electrons. The summed E-state index contributed by atoms with van der Waals surface area (Å²) < 4.78 is 26.2. The van der Waals surface area contributed by atoms with E-state index in [1.807, 2.05) is 13.0 Å². The minimum atomic E-state index is -3.72. The number of phenolic OH excluding ortho intramolecular Hbond substituents is 1. The molecule has 1 unspecified atom stereocenters. The van der Waals surface area contributed by atoms with E-state index in [2.05, 4.69) is 10.6 Å². The summed E-state index contributed by atoms with van der Waals surface area (Å²) in [5.41, 5.74) is 1.32. The van der Waals surface area contributed by atoms with Crippen LogP contribution in [0.4, 0.5) is 11.4 Å². The van der Waals surface area contributed by atoms with Crippen LogP contribution in [0.2, 0.25) is 15.1 Å². The molecule has 0 saturated carbocycles. The Hall–Kier alpha value is -2.45. The van der Waals surface area contributed by atoms with Crippen molar-refractivity contribution in [3.63, 3.8) is 0 Å². The van der Waals surface area contributed by atoms with Crippen LogP contribution in [0.25, 0.3) is 0 Å². The summed E-state index contributed by atoms with van der Waals surface area (Å²) in [6, 6.07) is 13.6. The van der Waals surface area contributed by atoms with Crippen molar-refractivity contribution in [2.24, 2.45) is 0 Å². The zero-order chi connectivity index (χ0) is 24.3. The van der Waals surface area contributed by atoms with Crippen molar-refractivity contribution < 1.29 is 18.3 Å². The van der Waals surface area contributed by atoms with Crippen LogP contribution in [0.1, 0.15) is 29.3 Å². The maximum absolute atomic E-state index is 13.1. The second-order valence-corrected chi connectivity index (χ2v) is 10.7. The molecule has 10 heteroatoms. The lowest BCUT2D eigenvalue weighted by molar-refractivity contribution is 0.102. The zero-order valence-corrected chi connectivity index (χ0v) is 20.8. The summed E-state index contributed by atoms with van der Waals surface area (Å²) in [5.74, 6) is -0.827. The van der Waals surface area contributed by atoms with Gasteiger partial charge in [-0.05, 0) is 55.3 Å². The molecule has 0 heterocycles. The van der Waals surface area contributed by atoms with Gasteiger partial charge in [-0.3, -0.25) is 4.79 Å². The number of rotatable bonds is 7. The second-order valence-electron chi connectivity index (χ2n) is 7.33. The first-order valence-corrected chi connectivity index (χ1v) is 12.6. The highest BCUT2D eigenvalue weighted by molar-refractivity contribution is 7.92. The third-order valence-corrected chi connectivity index (χ3v) is 8.06. The van der Waals surface area contributed by atoms with Gasteiger partial charge in [-0.15, -0.1) is 0 Å². The molecule has 0 spiro atoms. The molecule has 0 fully saturated rings. The van der Waals surface area contributed by atoms with Crippen LogP contribution in [-0.2, 0) is 9.84 Å². The SMILES string of the molecule is CCC(Nc1cc(O)c(NC(=O)c2ccc(Cl)c(Cl)c2)cc1Cl)S(=O)(=O)c1cccc(C)c1. The van der Waals surface area contributed by atoms with Crippen LogP contribution >= 0.6 is 34.8 Å². The molecular formula is C23H21Cl3N2O4S. The molecule has 0 aromatic heterocycles. The quantitative estimate of drug-likeness (QED) is 0.303. The van der Waals surface area contributed by atoms with Crippen LogP contribution in [-0.4, -0.2) is 24.8 Å². The van der Waals surface area contributed by atoms with E-state index in [4.69, 9.17) is 34.8 Å². The van der Waals surface area contributed by atoms with Gasteiger partial charge in [0.15, 0.2) is 9.84 Å². The Kier molecular flexibility index (Phi) is 7.80. The molecule has 1 amide bonds. The fourth-order valence-electron chi connectivity index (χ4n) is 3.13. The van der Waals surface area contributed by atoms with Gasteiger partial charge < -0.3 is 15.7 Å². The third kappa shape index (κ3) is 5.73. The van der Waals surface area contributed by atoms with E-state index in [1.165, 1.54) is 36.4 Å². The predicted octanol–water partition coefficient (Wildman–Crippen LogP) is 6.54. The number of carbonyl (C=O) groups is 1. The topological polar surface area (TPSA) is 95.5 Å². The molecule has 33 heavy (non-hydrogen) atoms. The zero-order valence-electron chi connectivity index (χ0n) is 17.7. The number of sulfone groups is 1. The Morgan fingerprint density at radius 1 is 0.970 bits per heavy atom. The van der Waals surface area contributed by atoms with Gasteiger partial charge in [-0.25, -0.2) is 8.42 Å². The van der Waals surface area contributed by atoms with Crippen molar-refractivity contribution in [2.45, 2.75) is 30.5 Å². The Balaban J connectivity index is 1.84. The first kappa shape index (κ1) is 25.2. The lowest BCUT2D eigenvalue weighted by Gasteiger charge is -2.21. The van der Waals surface area contributed by atoms with E-state index < -0.39 is 21.1 Å². The van der Waals surface area contributed by atoms with Crippen molar-refractivity contribution in [2.75, 3.05) is 10.6 Å². The van der Waals surface area contributed by atoms with Gasteiger partial charge in [-0.1, -0.05) is 53.9 Å². The Bertz CT molecular complexity index is 1310. The third-order valence-electron chi connectivity index (χ3n) is 4.90. The molecule has 0 aliphatic carbocycles. The van der Waals surface area contributed by atoms with Crippen molar-refractivity contribution in [1.29, 1.82) is 0 Å². The van der Waals surface area contributed by atoms with Crippen LogP contribution < -0.4 is 10.6 Å². The van der Waals surface area contributed by atoms with Gasteiger partial charge in [0.1, 0.15) is 11.1 Å². The summed E-state index contributed by atoms with van der Waals surface area (Å²) in [6.45, 7) is 3.54. The lowest BCUT2D eigenvalue weighted by Crippen LogP contribution is -2.29. The molecule has 0 aliphatic rings. The standard InChI is InChI=1S/C23H21Cl3N2O4S/c1-3-22(33(31,32)15-6-4-5-13(2)9-15)27-19-12-21(29)20(11-18(19)26)28-23(30)14-7-8-16(24)17(25)10-14/h4-12,22,27,29H,3H2,1-2H3,(H,28,30). The summed E-state index contributed by atoms with van der Waals surface area (Å²) >= 11 is 18.2. The van der Waals surface area contributed by atoms with E-state index in [-0.39, 0.29) is 44.0 Å². The van der Waals surface area contributed by atoms with Crippen LogP contribution in [0.15, 0.2) is 59.5 Å². The molecule has 0 bridgehead atoms. The van der Waals surface area contributed by atoms with Gasteiger partial charge in [-0.2, -0.15) is 0 Å². The molecule has 3 aromatic carbocycles. The molecule has 3 N–H and O–H groups in total.